The number of hydrogen-bond acceptors (Lipinski definition) is 4. The molecule has 2 rings (SSSR count). The van der Waals surface area contributed by atoms with Gasteiger partial charge in [0.1, 0.15) is 0 Å². The van der Waals surface area contributed by atoms with Crippen LogP contribution in [0.15, 0.2) is 12.5 Å². The van der Waals surface area contributed by atoms with Gasteiger partial charge in [0.15, 0.2) is 0 Å². The number of hydrogen-bond donors (Lipinski definition) is 1. The van der Waals surface area contributed by atoms with Gasteiger partial charge in [-0.25, -0.2) is 4.98 Å². The molecule has 2 atom stereocenters. The predicted octanol–water partition coefficient (Wildman–Crippen LogP) is 1.66. The normalized spacial score (nSPS) is 24.4. The first-order valence-corrected chi connectivity index (χ1v) is 7.71. The van der Waals surface area contributed by atoms with Crippen LogP contribution in [-0.4, -0.2) is 53.3 Å². The Kier molecular flexibility index (Phi) is 5.57. The zero-order valence-electron chi connectivity index (χ0n) is 13.2. The Morgan fingerprint density at radius 3 is 2.95 bits per heavy atom. The van der Waals surface area contributed by atoms with Gasteiger partial charge in [0.05, 0.1) is 30.8 Å². The van der Waals surface area contributed by atoms with Crippen molar-refractivity contribution in [2.45, 2.75) is 51.9 Å². The van der Waals surface area contributed by atoms with Crippen molar-refractivity contribution in [3.8, 4) is 0 Å². The molecule has 0 spiro atoms. The molecule has 1 aromatic rings. The second-order valence-corrected chi connectivity index (χ2v) is 5.76. The summed E-state index contributed by atoms with van der Waals surface area (Å²) in [4.78, 5) is 6.90. The number of ether oxygens (including phenoxy) is 1. The molecule has 1 fully saturated rings. The van der Waals surface area contributed by atoms with Crippen LogP contribution in [0.5, 0.6) is 0 Å². The van der Waals surface area contributed by atoms with E-state index in [0.717, 1.165) is 32.7 Å². The minimum absolute atomic E-state index is 0.184. The molecule has 0 aromatic carbocycles. The van der Waals surface area contributed by atoms with E-state index in [1.165, 1.54) is 5.69 Å². The highest BCUT2D eigenvalue weighted by molar-refractivity contribution is 5.10. The monoisotopic (exact) mass is 280 g/mol. The first-order chi connectivity index (χ1) is 9.69. The maximum atomic E-state index is 6.02. The molecule has 114 valence electrons. The van der Waals surface area contributed by atoms with Crippen molar-refractivity contribution in [2.75, 3.05) is 26.7 Å². The van der Waals surface area contributed by atoms with Gasteiger partial charge in [-0.05, 0) is 27.3 Å². The van der Waals surface area contributed by atoms with Crippen LogP contribution in [-0.2, 0) is 11.3 Å². The van der Waals surface area contributed by atoms with Crippen LogP contribution in [0.2, 0.25) is 0 Å². The molecule has 1 aromatic heterocycles. The van der Waals surface area contributed by atoms with E-state index in [2.05, 4.69) is 40.5 Å². The minimum Gasteiger partial charge on any atom is -0.374 e. The lowest BCUT2D eigenvalue weighted by Gasteiger charge is -2.43. The summed E-state index contributed by atoms with van der Waals surface area (Å²) in [6.07, 6.45) is 5.26. The molecule has 2 unspecified atom stereocenters. The third-order valence-corrected chi connectivity index (χ3v) is 3.97. The van der Waals surface area contributed by atoms with Crippen LogP contribution in [0.3, 0.4) is 0 Å². The van der Waals surface area contributed by atoms with Crippen molar-refractivity contribution in [2.24, 2.45) is 0 Å². The van der Waals surface area contributed by atoms with Crippen molar-refractivity contribution < 1.29 is 4.74 Å². The number of nitrogens with zero attached hydrogens (tertiary/aromatic N) is 3. The Morgan fingerprint density at radius 1 is 1.50 bits per heavy atom. The zero-order chi connectivity index (χ0) is 14.5. The van der Waals surface area contributed by atoms with Crippen LogP contribution in [0, 0.1) is 0 Å². The molecule has 1 N–H and O–H groups in total. The van der Waals surface area contributed by atoms with Crippen molar-refractivity contribution in [1.29, 1.82) is 0 Å². The molecule has 5 nitrogen and oxygen atoms in total. The van der Waals surface area contributed by atoms with Crippen LogP contribution in [0.1, 0.15) is 38.9 Å². The van der Waals surface area contributed by atoms with Gasteiger partial charge in [0, 0.05) is 31.9 Å². The van der Waals surface area contributed by atoms with Gasteiger partial charge in [-0.3, -0.25) is 4.90 Å². The standard InChI is InChI=1S/C15H28N4O/c1-5-6-18-11-17-9-13(18)15-14(10-16-4)20-8-7-19(15)12(2)3/h9,11-12,14-16H,5-8,10H2,1-4H3. The van der Waals surface area contributed by atoms with Crippen molar-refractivity contribution in [3.63, 3.8) is 0 Å². The van der Waals surface area contributed by atoms with Gasteiger partial charge >= 0.3 is 0 Å². The Morgan fingerprint density at radius 2 is 2.30 bits per heavy atom. The van der Waals surface area contributed by atoms with Gasteiger partial charge in [0.2, 0.25) is 0 Å². The van der Waals surface area contributed by atoms with Crippen molar-refractivity contribution in [1.82, 2.24) is 19.8 Å². The van der Waals surface area contributed by atoms with E-state index in [4.69, 9.17) is 4.74 Å². The highest BCUT2D eigenvalue weighted by Gasteiger charge is 2.36. The number of likely N-dealkylation sites (N-methyl/N-ethyl adjacent to an activating group) is 1. The fourth-order valence-electron chi connectivity index (χ4n) is 3.07. The summed E-state index contributed by atoms with van der Waals surface area (Å²) in [5, 5.41) is 3.26. The predicted molar refractivity (Wildman–Crippen MR) is 80.8 cm³/mol. The molecule has 0 radical (unpaired) electrons. The number of morpholine rings is 1. The van der Waals surface area contributed by atoms with Gasteiger partial charge in [-0.15, -0.1) is 0 Å². The van der Waals surface area contributed by atoms with E-state index < -0.39 is 0 Å². The van der Waals surface area contributed by atoms with Crippen LogP contribution < -0.4 is 5.32 Å². The Bertz CT molecular complexity index is 402. The molecule has 1 saturated heterocycles. The average molecular weight is 280 g/mol. The molecule has 2 heterocycles. The van der Waals surface area contributed by atoms with Crippen molar-refractivity contribution >= 4 is 0 Å². The maximum absolute atomic E-state index is 6.02. The molecule has 0 bridgehead atoms. The quantitative estimate of drug-likeness (QED) is 0.860. The zero-order valence-corrected chi connectivity index (χ0v) is 13.2. The third-order valence-electron chi connectivity index (χ3n) is 3.97. The minimum atomic E-state index is 0.184. The molecule has 5 heteroatoms. The molecule has 1 aliphatic rings. The summed E-state index contributed by atoms with van der Waals surface area (Å²) in [5.41, 5.74) is 1.28. The van der Waals surface area contributed by atoms with Crippen LogP contribution in [0.4, 0.5) is 0 Å². The first-order valence-electron chi connectivity index (χ1n) is 7.71. The summed E-state index contributed by atoms with van der Waals surface area (Å²) in [5.74, 6) is 0. The van der Waals surface area contributed by atoms with Crippen molar-refractivity contribution in [3.05, 3.63) is 18.2 Å². The number of aryl methyl sites for hydroxylation is 1. The summed E-state index contributed by atoms with van der Waals surface area (Å²) in [6.45, 7) is 10.4. The van der Waals surface area contributed by atoms with Gasteiger partial charge < -0.3 is 14.6 Å². The topological polar surface area (TPSA) is 42.3 Å². The third kappa shape index (κ3) is 3.22. The van der Waals surface area contributed by atoms with Gasteiger partial charge in [-0.1, -0.05) is 6.92 Å². The smallest absolute Gasteiger partial charge is 0.0948 e. The van der Waals surface area contributed by atoms with E-state index in [0.29, 0.717) is 6.04 Å². The number of imidazole rings is 1. The van der Waals surface area contributed by atoms with Gasteiger partial charge in [-0.2, -0.15) is 0 Å². The second-order valence-electron chi connectivity index (χ2n) is 5.76. The number of rotatable bonds is 6. The maximum Gasteiger partial charge on any atom is 0.0948 e. The Labute approximate surface area is 122 Å². The van der Waals surface area contributed by atoms with Gasteiger partial charge in [0.25, 0.3) is 0 Å². The average Bonchev–Trinajstić information content (AvgIpc) is 2.87. The fraction of sp³-hybridized carbons (Fsp3) is 0.800. The molecule has 0 aliphatic carbocycles. The van der Waals surface area contributed by atoms with E-state index in [1.54, 1.807) is 0 Å². The van der Waals surface area contributed by atoms with E-state index >= 15 is 0 Å². The SMILES string of the molecule is CCCn1cncc1C1C(CNC)OCCN1C(C)C. The lowest BCUT2D eigenvalue weighted by Crippen LogP contribution is -2.51. The Balaban J connectivity index is 2.30. The summed E-state index contributed by atoms with van der Waals surface area (Å²) in [7, 11) is 1.98. The molecular weight excluding hydrogens is 252 g/mol. The first kappa shape index (κ1) is 15.5. The van der Waals surface area contributed by atoms with E-state index in [-0.39, 0.29) is 12.1 Å². The molecule has 0 amide bonds. The lowest BCUT2D eigenvalue weighted by atomic mass is 10.0. The molecule has 0 saturated carbocycles. The molecule has 20 heavy (non-hydrogen) atoms. The fourth-order valence-corrected chi connectivity index (χ4v) is 3.07. The highest BCUT2D eigenvalue weighted by atomic mass is 16.5. The largest absolute Gasteiger partial charge is 0.374 e. The summed E-state index contributed by atoms with van der Waals surface area (Å²) < 4.78 is 8.30. The number of aromatic nitrogens is 2. The molecule has 1 aliphatic heterocycles. The summed E-state index contributed by atoms with van der Waals surface area (Å²) >= 11 is 0. The van der Waals surface area contributed by atoms with E-state index in [9.17, 15) is 0 Å². The molecular formula is C15H28N4O. The highest BCUT2D eigenvalue weighted by Crippen LogP contribution is 2.31. The lowest BCUT2D eigenvalue weighted by molar-refractivity contribution is -0.0838. The Hall–Kier alpha value is -0.910. The summed E-state index contributed by atoms with van der Waals surface area (Å²) in [6, 6.07) is 0.790. The number of nitrogens with one attached hydrogen (secondary N) is 1. The second kappa shape index (κ2) is 7.20. The van der Waals surface area contributed by atoms with Crippen LogP contribution in [0.25, 0.3) is 0 Å². The van der Waals surface area contributed by atoms with Crippen LogP contribution >= 0.6 is 0 Å². The van der Waals surface area contributed by atoms with E-state index in [1.807, 2.05) is 19.6 Å².